The van der Waals surface area contributed by atoms with Crippen molar-refractivity contribution in [2.75, 3.05) is 5.75 Å². The summed E-state index contributed by atoms with van der Waals surface area (Å²) < 4.78 is 22.4. The molecule has 0 N–H and O–H groups in total. The van der Waals surface area contributed by atoms with Crippen LogP contribution in [0.25, 0.3) is 0 Å². The molecule has 65 valence electrons. The first kappa shape index (κ1) is 9.06. The molecular formula is C8H9O3S. The number of rotatable bonds is 2. The molecule has 4 heteroatoms. The monoisotopic (exact) mass is 185 g/mol. The summed E-state index contributed by atoms with van der Waals surface area (Å²) in [5.74, 6) is -0.249. The van der Waals surface area contributed by atoms with Gasteiger partial charge in [-0.2, -0.15) is 0 Å². The molecule has 0 atom stereocenters. The molecule has 0 aliphatic heterocycles. The Kier molecular flexibility index (Phi) is 2.38. The summed E-state index contributed by atoms with van der Waals surface area (Å²) in [6, 6.07) is 5.35. The summed E-state index contributed by atoms with van der Waals surface area (Å²) in [7, 11) is -3.22. The van der Waals surface area contributed by atoms with Crippen LogP contribution in [0.1, 0.15) is 6.92 Å². The van der Waals surface area contributed by atoms with Gasteiger partial charge in [-0.1, -0.05) is 13.0 Å². The van der Waals surface area contributed by atoms with Gasteiger partial charge in [-0.05, 0) is 12.1 Å². The van der Waals surface area contributed by atoms with Crippen LogP contribution in [0.4, 0.5) is 0 Å². The SMILES string of the molecule is CCS(=O)(=O)c1cccc([O])c1. The van der Waals surface area contributed by atoms with E-state index in [2.05, 4.69) is 0 Å². The highest BCUT2D eigenvalue weighted by atomic mass is 32.2. The quantitative estimate of drug-likeness (QED) is 0.703. The van der Waals surface area contributed by atoms with Crippen molar-refractivity contribution in [1.82, 2.24) is 0 Å². The van der Waals surface area contributed by atoms with E-state index in [1.54, 1.807) is 6.92 Å². The summed E-state index contributed by atoms with van der Waals surface area (Å²) in [6.07, 6.45) is 0. The number of hydrogen-bond donors (Lipinski definition) is 0. The van der Waals surface area contributed by atoms with Crippen molar-refractivity contribution in [3.05, 3.63) is 24.3 Å². The summed E-state index contributed by atoms with van der Waals surface area (Å²) in [6.45, 7) is 1.55. The first-order chi connectivity index (χ1) is 5.56. The molecule has 1 radical (unpaired) electrons. The Morgan fingerprint density at radius 1 is 1.33 bits per heavy atom. The molecule has 0 amide bonds. The minimum Gasteiger partial charge on any atom is -0.290 e. The normalized spacial score (nSPS) is 11.4. The second-order valence-electron chi connectivity index (χ2n) is 2.38. The van der Waals surface area contributed by atoms with Gasteiger partial charge in [0.2, 0.25) is 0 Å². The summed E-state index contributed by atoms with van der Waals surface area (Å²) in [5, 5.41) is 10.8. The van der Waals surface area contributed by atoms with Crippen LogP contribution in [0, 0.1) is 0 Å². The predicted molar refractivity (Wildman–Crippen MR) is 44.3 cm³/mol. The number of benzene rings is 1. The van der Waals surface area contributed by atoms with Crippen molar-refractivity contribution in [2.24, 2.45) is 0 Å². The molecule has 0 fully saturated rings. The fraction of sp³-hybridized carbons (Fsp3) is 0.250. The molecule has 1 aromatic rings. The van der Waals surface area contributed by atoms with Gasteiger partial charge in [0.1, 0.15) is 0 Å². The Balaban J connectivity index is 3.21. The molecule has 0 spiro atoms. The van der Waals surface area contributed by atoms with Gasteiger partial charge < -0.3 is 0 Å². The Labute approximate surface area is 71.6 Å². The van der Waals surface area contributed by atoms with E-state index in [9.17, 15) is 13.5 Å². The van der Waals surface area contributed by atoms with Gasteiger partial charge in [0.25, 0.3) is 0 Å². The van der Waals surface area contributed by atoms with Crippen LogP contribution in [-0.2, 0) is 14.9 Å². The third-order valence-electron chi connectivity index (χ3n) is 1.54. The van der Waals surface area contributed by atoms with Gasteiger partial charge in [0.05, 0.1) is 10.6 Å². The number of sulfone groups is 1. The van der Waals surface area contributed by atoms with E-state index in [0.717, 1.165) is 6.07 Å². The van der Waals surface area contributed by atoms with Gasteiger partial charge in [-0.15, -0.1) is 0 Å². The largest absolute Gasteiger partial charge is 0.290 e. The summed E-state index contributed by atoms with van der Waals surface area (Å²) in [4.78, 5) is 0.109. The van der Waals surface area contributed by atoms with Crippen molar-refractivity contribution >= 4 is 9.84 Å². The molecule has 0 aliphatic carbocycles. The van der Waals surface area contributed by atoms with Crippen molar-refractivity contribution in [2.45, 2.75) is 11.8 Å². The van der Waals surface area contributed by atoms with Gasteiger partial charge >= 0.3 is 0 Å². The second-order valence-corrected chi connectivity index (χ2v) is 4.66. The molecule has 1 aromatic carbocycles. The highest BCUT2D eigenvalue weighted by Crippen LogP contribution is 2.17. The molecular weight excluding hydrogens is 176 g/mol. The predicted octanol–water partition coefficient (Wildman–Crippen LogP) is 1.62. The van der Waals surface area contributed by atoms with Crippen LogP contribution in [0.2, 0.25) is 0 Å². The van der Waals surface area contributed by atoms with Gasteiger partial charge in [-0.25, -0.2) is 8.42 Å². The van der Waals surface area contributed by atoms with E-state index in [0.29, 0.717) is 0 Å². The van der Waals surface area contributed by atoms with E-state index in [1.807, 2.05) is 0 Å². The topological polar surface area (TPSA) is 54.0 Å². The van der Waals surface area contributed by atoms with Crippen molar-refractivity contribution in [3.8, 4) is 5.75 Å². The zero-order chi connectivity index (χ0) is 9.19. The van der Waals surface area contributed by atoms with E-state index in [-0.39, 0.29) is 16.4 Å². The highest BCUT2D eigenvalue weighted by molar-refractivity contribution is 7.91. The molecule has 3 nitrogen and oxygen atoms in total. The van der Waals surface area contributed by atoms with E-state index in [4.69, 9.17) is 0 Å². The maximum atomic E-state index is 11.2. The lowest BCUT2D eigenvalue weighted by atomic mass is 10.3. The lowest BCUT2D eigenvalue weighted by molar-refractivity contribution is 0.353. The summed E-state index contributed by atoms with van der Waals surface area (Å²) in [5.41, 5.74) is 0. The molecule has 0 saturated heterocycles. The van der Waals surface area contributed by atoms with Gasteiger partial charge in [0, 0.05) is 6.07 Å². The van der Waals surface area contributed by atoms with Crippen molar-refractivity contribution in [1.29, 1.82) is 0 Å². The average molecular weight is 185 g/mol. The zero-order valence-corrected chi connectivity index (χ0v) is 7.47. The molecule has 12 heavy (non-hydrogen) atoms. The minimum atomic E-state index is -3.22. The van der Waals surface area contributed by atoms with Crippen LogP contribution in [0.15, 0.2) is 29.2 Å². The van der Waals surface area contributed by atoms with Crippen LogP contribution in [-0.4, -0.2) is 14.2 Å². The molecule has 0 saturated carbocycles. The Morgan fingerprint density at radius 2 is 2.00 bits per heavy atom. The first-order valence-electron chi connectivity index (χ1n) is 3.56. The van der Waals surface area contributed by atoms with Gasteiger partial charge in [0.15, 0.2) is 15.6 Å². The summed E-state index contributed by atoms with van der Waals surface area (Å²) >= 11 is 0. The molecule has 0 aliphatic rings. The standard InChI is InChI=1S/C8H9O3S/c1-2-12(10,11)8-5-3-4-7(9)6-8/h3-6H,2H2,1H3. The fourth-order valence-electron chi connectivity index (χ4n) is 0.834. The van der Waals surface area contributed by atoms with Crippen LogP contribution < -0.4 is 0 Å². The second kappa shape index (κ2) is 3.15. The third-order valence-corrected chi connectivity index (χ3v) is 3.28. The zero-order valence-electron chi connectivity index (χ0n) is 6.65. The highest BCUT2D eigenvalue weighted by Gasteiger charge is 2.11. The molecule has 0 aromatic heterocycles. The first-order valence-corrected chi connectivity index (χ1v) is 5.21. The Bertz CT molecular complexity index is 368. The van der Waals surface area contributed by atoms with Crippen LogP contribution in [0.5, 0.6) is 5.75 Å². The van der Waals surface area contributed by atoms with Crippen LogP contribution in [0.3, 0.4) is 0 Å². The maximum Gasteiger partial charge on any atom is 0.179 e. The van der Waals surface area contributed by atoms with Crippen LogP contribution >= 0.6 is 0 Å². The average Bonchev–Trinajstić information content (AvgIpc) is 2.05. The van der Waals surface area contributed by atoms with Crippen molar-refractivity contribution < 1.29 is 13.5 Å². The minimum absolute atomic E-state index is 0.0243. The molecule has 1 rings (SSSR count). The lowest BCUT2D eigenvalue weighted by Crippen LogP contribution is -2.02. The smallest absolute Gasteiger partial charge is 0.179 e. The maximum absolute atomic E-state index is 11.2. The molecule has 0 unspecified atom stereocenters. The van der Waals surface area contributed by atoms with Crippen molar-refractivity contribution in [3.63, 3.8) is 0 Å². The molecule has 0 heterocycles. The Morgan fingerprint density at radius 3 is 2.50 bits per heavy atom. The third kappa shape index (κ3) is 1.76. The Hall–Kier alpha value is -1.03. The molecule has 0 bridgehead atoms. The number of hydrogen-bond acceptors (Lipinski definition) is 2. The van der Waals surface area contributed by atoms with E-state index < -0.39 is 9.84 Å². The van der Waals surface area contributed by atoms with E-state index >= 15 is 0 Å². The van der Waals surface area contributed by atoms with Gasteiger partial charge in [-0.3, -0.25) is 5.11 Å². The lowest BCUT2D eigenvalue weighted by Gasteiger charge is -1.99. The fourth-order valence-corrected chi connectivity index (χ4v) is 1.75. The van der Waals surface area contributed by atoms with E-state index in [1.165, 1.54) is 18.2 Å².